The Morgan fingerprint density at radius 3 is 2.78 bits per heavy atom. The first-order chi connectivity index (χ1) is 13.1. The lowest BCUT2D eigenvalue weighted by atomic mass is 10.1. The Balaban J connectivity index is 1.62. The van der Waals surface area contributed by atoms with Crippen LogP contribution in [0.25, 0.3) is 16.6 Å². The van der Waals surface area contributed by atoms with Crippen molar-refractivity contribution in [1.29, 1.82) is 0 Å². The van der Waals surface area contributed by atoms with E-state index in [1.165, 1.54) is 11.8 Å². The van der Waals surface area contributed by atoms with E-state index in [4.69, 9.17) is 4.42 Å². The zero-order chi connectivity index (χ0) is 19.0. The van der Waals surface area contributed by atoms with Gasteiger partial charge in [-0.1, -0.05) is 36.9 Å². The number of benzene rings is 1. The normalized spacial score (nSPS) is 12.6. The molecule has 0 radical (unpaired) electrons. The molecule has 3 heterocycles. The molecule has 0 aliphatic rings. The van der Waals surface area contributed by atoms with Crippen LogP contribution < -0.4 is 5.32 Å². The fourth-order valence-corrected chi connectivity index (χ4v) is 4.15. The van der Waals surface area contributed by atoms with E-state index in [0.29, 0.717) is 11.4 Å². The van der Waals surface area contributed by atoms with Gasteiger partial charge in [-0.25, -0.2) is 0 Å². The number of para-hydroxylation sites is 1. The Hall–Kier alpha value is -2.80. The van der Waals surface area contributed by atoms with Crippen molar-refractivity contribution in [3.63, 3.8) is 0 Å². The van der Waals surface area contributed by atoms with Crippen LogP contribution in [-0.4, -0.2) is 25.8 Å². The molecule has 4 rings (SSSR count). The summed E-state index contributed by atoms with van der Waals surface area (Å²) >= 11 is 1.43. The second-order valence-corrected chi connectivity index (χ2v) is 7.67. The highest BCUT2D eigenvalue weighted by molar-refractivity contribution is 8.00. The molecule has 7 heteroatoms. The van der Waals surface area contributed by atoms with Crippen LogP contribution in [0, 0.1) is 13.8 Å². The number of carbonyl (C=O) groups is 1. The molecular formula is C20H20N4O2S. The molecule has 1 aromatic carbocycles. The number of carbonyl (C=O) groups excluding carboxylic acids is 1. The minimum atomic E-state index is -0.272. The first-order valence-corrected chi connectivity index (χ1v) is 9.70. The molecule has 0 saturated heterocycles. The summed E-state index contributed by atoms with van der Waals surface area (Å²) in [6.45, 7) is 6.00. The standard InChI is InChI=1S/C20H20N4O2S/c1-4-17(19(25)22-18-12(2)6-5-7-13(18)3)27-20-15-10-16-14(8-9-26-16)24(15)11-21-23-20/h5-11,17H,4H2,1-3H3,(H,22,25)/t17-/m1/s1. The first kappa shape index (κ1) is 17.6. The second-order valence-electron chi connectivity index (χ2n) is 6.48. The number of hydrogen-bond donors (Lipinski definition) is 1. The Morgan fingerprint density at radius 2 is 2.04 bits per heavy atom. The third-order valence-electron chi connectivity index (χ3n) is 4.64. The van der Waals surface area contributed by atoms with Gasteiger partial charge in [0.1, 0.15) is 11.4 Å². The van der Waals surface area contributed by atoms with Crippen LogP contribution in [0.15, 0.2) is 52.4 Å². The summed E-state index contributed by atoms with van der Waals surface area (Å²) in [7, 11) is 0. The first-order valence-electron chi connectivity index (χ1n) is 8.82. The Bertz CT molecular complexity index is 1110. The molecule has 27 heavy (non-hydrogen) atoms. The van der Waals surface area contributed by atoms with E-state index >= 15 is 0 Å². The van der Waals surface area contributed by atoms with Gasteiger partial charge in [-0.15, -0.1) is 10.2 Å². The average molecular weight is 380 g/mol. The highest BCUT2D eigenvalue weighted by Crippen LogP contribution is 2.31. The number of furan rings is 1. The lowest BCUT2D eigenvalue weighted by molar-refractivity contribution is -0.115. The maximum atomic E-state index is 12.9. The highest BCUT2D eigenvalue weighted by Gasteiger charge is 2.22. The second kappa shape index (κ2) is 7.08. The number of hydrogen-bond acceptors (Lipinski definition) is 5. The van der Waals surface area contributed by atoms with Gasteiger partial charge in [-0.05, 0) is 31.4 Å². The van der Waals surface area contributed by atoms with Crippen molar-refractivity contribution in [2.75, 3.05) is 5.32 Å². The molecule has 0 saturated carbocycles. The van der Waals surface area contributed by atoms with Gasteiger partial charge >= 0.3 is 0 Å². The van der Waals surface area contributed by atoms with Crippen molar-refractivity contribution in [1.82, 2.24) is 14.6 Å². The molecule has 0 fully saturated rings. The van der Waals surface area contributed by atoms with Gasteiger partial charge in [0.15, 0.2) is 5.58 Å². The van der Waals surface area contributed by atoms with Crippen molar-refractivity contribution >= 4 is 40.0 Å². The minimum Gasteiger partial charge on any atom is -0.463 e. The fraction of sp³-hybridized carbons (Fsp3) is 0.250. The zero-order valence-corrected chi connectivity index (χ0v) is 16.2. The van der Waals surface area contributed by atoms with E-state index in [1.54, 1.807) is 12.6 Å². The number of fused-ring (bicyclic) bond motifs is 3. The molecule has 6 nitrogen and oxygen atoms in total. The molecule has 0 aliphatic heterocycles. The number of nitrogens with one attached hydrogen (secondary N) is 1. The van der Waals surface area contributed by atoms with Gasteiger partial charge < -0.3 is 9.73 Å². The van der Waals surface area contributed by atoms with Gasteiger partial charge in [0.25, 0.3) is 0 Å². The summed E-state index contributed by atoms with van der Waals surface area (Å²) in [6, 6.07) is 9.81. The largest absolute Gasteiger partial charge is 0.463 e. The van der Waals surface area contributed by atoms with Crippen LogP contribution in [0.2, 0.25) is 0 Å². The topological polar surface area (TPSA) is 72.4 Å². The van der Waals surface area contributed by atoms with E-state index in [-0.39, 0.29) is 11.2 Å². The van der Waals surface area contributed by atoms with Gasteiger partial charge in [0, 0.05) is 17.8 Å². The highest BCUT2D eigenvalue weighted by atomic mass is 32.2. The summed E-state index contributed by atoms with van der Waals surface area (Å²) in [5, 5.41) is 11.9. The lowest BCUT2D eigenvalue weighted by Crippen LogP contribution is -2.25. The van der Waals surface area contributed by atoms with Crippen LogP contribution in [-0.2, 0) is 4.79 Å². The van der Waals surface area contributed by atoms with E-state index in [9.17, 15) is 4.79 Å². The van der Waals surface area contributed by atoms with E-state index in [2.05, 4.69) is 15.5 Å². The Labute approximate surface area is 161 Å². The molecule has 0 bridgehead atoms. The average Bonchev–Trinajstić information content (AvgIpc) is 3.24. The van der Waals surface area contributed by atoms with Crippen molar-refractivity contribution in [2.45, 2.75) is 37.5 Å². The molecule has 1 amide bonds. The molecule has 4 aromatic rings. The van der Waals surface area contributed by atoms with Gasteiger partial charge in [-0.2, -0.15) is 0 Å². The predicted molar refractivity (Wildman–Crippen MR) is 107 cm³/mol. The van der Waals surface area contributed by atoms with Crippen LogP contribution >= 0.6 is 11.8 Å². The Morgan fingerprint density at radius 1 is 1.26 bits per heavy atom. The molecule has 3 aromatic heterocycles. The maximum Gasteiger partial charge on any atom is 0.237 e. The summed E-state index contributed by atoms with van der Waals surface area (Å²) in [4.78, 5) is 12.9. The zero-order valence-electron chi connectivity index (χ0n) is 15.4. The summed E-state index contributed by atoms with van der Waals surface area (Å²) in [6.07, 6.45) is 3.99. The number of nitrogens with zero attached hydrogens (tertiary/aromatic N) is 3. The monoisotopic (exact) mass is 380 g/mol. The SMILES string of the molecule is CC[C@@H](Sc1nncn2c1cc1occc12)C(=O)Nc1c(C)cccc1C. The summed E-state index contributed by atoms with van der Waals surface area (Å²) in [5.41, 5.74) is 5.59. The summed E-state index contributed by atoms with van der Waals surface area (Å²) < 4.78 is 7.41. The van der Waals surface area contributed by atoms with Crippen LogP contribution in [0.1, 0.15) is 24.5 Å². The smallest absolute Gasteiger partial charge is 0.237 e. The lowest BCUT2D eigenvalue weighted by Gasteiger charge is -2.17. The number of thioether (sulfide) groups is 1. The minimum absolute atomic E-state index is 0.0288. The molecule has 138 valence electrons. The molecule has 1 N–H and O–H groups in total. The number of amides is 1. The van der Waals surface area contributed by atoms with E-state index < -0.39 is 0 Å². The number of aryl methyl sites for hydroxylation is 2. The molecule has 1 atom stereocenters. The van der Waals surface area contributed by atoms with Gasteiger partial charge in [0.05, 0.1) is 22.5 Å². The molecule has 0 aliphatic carbocycles. The van der Waals surface area contributed by atoms with Gasteiger partial charge in [-0.3, -0.25) is 9.20 Å². The van der Waals surface area contributed by atoms with Crippen LogP contribution in [0.5, 0.6) is 0 Å². The quantitative estimate of drug-likeness (QED) is 0.512. The van der Waals surface area contributed by atoms with E-state index in [0.717, 1.165) is 33.4 Å². The summed E-state index contributed by atoms with van der Waals surface area (Å²) in [5.74, 6) is -0.0288. The molecule has 0 unspecified atom stereocenters. The number of anilines is 1. The predicted octanol–water partition coefficient (Wildman–Crippen LogP) is 4.60. The number of aromatic nitrogens is 3. The van der Waals surface area contributed by atoms with Crippen molar-refractivity contribution in [2.24, 2.45) is 0 Å². The number of rotatable bonds is 5. The molecular weight excluding hydrogens is 360 g/mol. The van der Waals surface area contributed by atoms with Crippen molar-refractivity contribution in [3.8, 4) is 0 Å². The fourth-order valence-electron chi connectivity index (χ4n) is 3.17. The van der Waals surface area contributed by atoms with Crippen LogP contribution in [0.3, 0.4) is 0 Å². The third-order valence-corrected chi connectivity index (χ3v) is 5.99. The third kappa shape index (κ3) is 3.19. The Kier molecular flexibility index (Phi) is 4.61. The van der Waals surface area contributed by atoms with Crippen LogP contribution in [0.4, 0.5) is 5.69 Å². The van der Waals surface area contributed by atoms with Gasteiger partial charge in [0.2, 0.25) is 5.91 Å². The van der Waals surface area contributed by atoms with Crippen molar-refractivity contribution < 1.29 is 9.21 Å². The van der Waals surface area contributed by atoms with Crippen molar-refractivity contribution in [3.05, 3.63) is 54.0 Å². The maximum absolute atomic E-state index is 12.9. The molecule has 0 spiro atoms. The van der Waals surface area contributed by atoms with E-state index in [1.807, 2.05) is 55.5 Å².